The van der Waals surface area contributed by atoms with Crippen molar-refractivity contribution < 1.29 is 24.6 Å². The highest BCUT2D eigenvalue weighted by Gasteiger charge is 2.40. The van der Waals surface area contributed by atoms with Crippen LogP contribution in [0.3, 0.4) is 0 Å². The maximum atomic E-state index is 12.0. The zero-order chi connectivity index (χ0) is 13.9. The van der Waals surface area contributed by atoms with Gasteiger partial charge < -0.3 is 25.3 Å². The second-order valence-corrected chi connectivity index (χ2v) is 4.21. The van der Waals surface area contributed by atoms with Crippen LogP contribution in [0.1, 0.15) is 6.42 Å². The Hall–Kier alpha value is -1.83. The maximum Gasteiger partial charge on any atom is 0.326 e. The van der Waals surface area contributed by atoms with Crippen molar-refractivity contribution in [3.63, 3.8) is 0 Å². The van der Waals surface area contributed by atoms with Crippen molar-refractivity contribution >= 4 is 17.9 Å². The van der Waals surface area contributed by atoms with Gasteiger partial charge in [0.15, 0.2) is 0 Å². The third kappa shape index (κ3) is 3.10. The molecular formula is C10H17N3O5. The Morgan fingerprint density at radius 3 is 2.56 bits per heavy atom. The molecule has 0 spiro atoms. The summed E-state index contributed by atoms with van der Waals surface area (Å²) in [5, 5.41) is 20.7. The number of aliphatic carboxylic acids is 1. The topological polar surface area (TPSA) is 110 Å². The van der Waals surface area contributed by atoms with E-state index in [4.69, 9.17) is 5.11 Å². The summed E-state index contributed by atoms with van der Waals surface area (Å²) in [5.74, 6) is -1.51. The molecule has 2 atom stereocenters. The molecule has 1 saturated heterocycles. The first-order valence-electron chi connectivity index (χ1n) is 5.50. The Morgan fingerprint density at radius 2 is 2.06 bits per heavy atom. The molecule has 1 fully saturated rings. The molecule has 1 heterocycles. The third-order valence-electron chi connectivity index (χ3n) is 2.80. The van der Waals surface area contributed by atoms with Crippen LogP contribution in [0.5, 0.6) is 0 Å². The fraction of sp³-hybridized carbons (Fsp3) is 0.700. The second-order valence-electron chi connectivity index (χ2n) is 4.21. The molecule has 1 rings (SSSR count). The number of carbonyl (C=O) groups excluding carboxylic acids is 2. The molecule has 0 aromatic rings. The predicted octanol–water partition coefficient (Wildman–Crippen LogP) is -1.70. The number of amides is 3. The van der Waals surface area contributed by atoms with Crippen molar-refractivity contribution in [2.75, 3.05) is 27.2 Å². The Kier molecular flexibility index (Phi) is 4.49. The van der Waals surface area contributed by atoms with Crippen molar-refractivity contribution in [1.82, 2.24) is 15.1 Å². The maximum absolute atomic E-state index is 12.0. The van der Waals surface area contributed by atoms with Gasteiger partial charge in [-0.15, -0.1) is 0 Å². The van der Waals surface area contributed by atoms with E-state index in [9.17, 15) is 19.5 Å². The predicted molar refractivity (Wildman–Crippen MR) is 60.8 cm³/mol. The smallest absolute Gasteiger partial charge is 0.326 e. The molecule has 0 saturated carbocycles. The van der Waals surface area contributed by atoms with E-state index in [0.717, 1.165) is 9.80 Å². The Morgan fingerprint density at radius 1 is 1.44 bits per heavy atom. The van der Waals surface area contributed by atoms with E-state index >= 15 is 0 Å². The number of likely N-dealkylation sites (N-methyl/N-ethyl adjacent to an activating group) is 2. The lowest BCUT2D eigenvalue weighted by molar-refractivity contribution is -0.141. The van der Waals surface area contributed by atoms with Gasteiger partial charge >= 0.3 is 12.0 Å². The van der Waals surface area contributed by atoms with Crippen molar-refractivity contribution in [3.8, 4) is 0 Å². The summed E-state index contributed by atoms with van der Waals surface area (Å²) < 4.78 is 0. The average molecular weight is 259 g/mol. The number of hydrogen-bond donors (Lipinski definition) is 3. The number of aliphatic hydroxyl groups is 1. The van der Waals surface area contributed by atoms with Gasteiger partial charge in [0.25, 0.3) is 0 Å². The molecule has 1 aliphatic heterocycles. The van der Waals surface area contributed by atoms with Crippen LogP contribution in [-0.4, -0.2) is 77.3 Å². The van der Waals surface area contributed by atoms with Crippen LogP contribution in [0.4, 0.5) is 4.79 Å². The van der Waals surface area contributed by atoms with Gasteiger partial charge in [0, 0.05) is 27.1 Å². The molecule has 0 aliphatic carbocycles. The number of nitrogens with zero attached hydrogens (tertiary/aromatic N) is 2. The Bertz CT molecular complexity index is 359. The van der Waals surface area contributed by atoms with E-state index in [-0.39, 0.29) is 25.4 Å². The summed E-state index contributed by atoms with van der Waals surface area (Å²) in [5.41, 5.74) is 0. The molecular weight excluding hydrogens is 242 g/mol. The largest absolute Gasteiger partial charge is 0.480 e. The van der Waals surface area contributed by atoms with Crippen LogP contribution in [0.2, 0.25) is 0 Å². The van der Waals surface area contributed by atoms with Gasteiger partial charge in [-0.25, -0.2) is 9.59 Å². The first kappa shape index (κ1) is 14.2. The van der Waals surface area contributed by atoms with E-state index < -0.39 is 24.1 Å². The Labute approximate surface area is 104 Å². The van der Waals surface area contributed by atoms with Gasteiger partial charge in [-0.1, -0.05) is 0 Å². The third-order valence-corrected chi connectivity index (χ3v) is 2.80. The van der Waals surface area contributed by atoms with Crippen molar-refractivity contribution in [2.24, 2.45) is 0 Å². The van der Waals surface area contributed by atoms with Gasteiger partial charge in [0.2, 0.25) is 5.91 Å². The summed E-state index contributed by atoms with van der Waals surface area (Å²) in [7, 11) is 2.85. The lowest BCUT2D eigenvalue weighted by Crippen LogP contribution is -2.49. The minimum Gasteiger partial charge on any atom is -0.480 e. The highest BCUT2D eigenvalue weighted by Crippen LogP contribution is 2.19. The quantitative estimate of drug-likeness (QED) is 0.560. The number of β-amino-alcohol motifs (C(OH)–C–C–N with tert-alkyl or cyclic N) is 1. The van der Waals surface area contributed by atoms with Crippen molar-refractivity contribution in [2.45, 2.75) is 18.6 Å². The number of hydrogen-bond acceptors (Lipinski definition) is 4. The molecule has 3 amide bonds. The number of carbonyl (C=O) groups is 3. The van der Waals surface area contributed by atoms with Gasteiger partial charge in [-0.3, -0.25) is 4.79 Å². The summed E-state index contributed by atoms with van der Waals surface area (Å²) in [6.07, 6.45) is -0.835. The number of carboxylic acid groups (broad SMARTS) is 1. The van der Waals surface area contributed by atoms with Crippen LogP contribution in [-0.2, 0) is 9.59 Å². The fourth-order valence-corrected chi connectivity index (χ4v) is 1.84. The highest BCUT2D eigenvalue weighted by atomic mass is 16.4. The van der Waals surface area contributed by atoms with Crippen LogP contribution in [0.15, 0.2) is 0 Å². The molecule has 3 N–H and O–H groups in total. The van der Waals surface area contributed by atoms with Gasteiger partial charge in [0.05, 0.1) is 6.10 Å². The summed E-state index contributed by atoms with van der Waals surface area (Å²) in [6.45, 7) is -0.192. The SMILES string of the molecule is CNC(=O)CN(C)C(=O)N1C[C@H](O)C[C@@H]1C(=O)O. The zero-order valence-electron chi connectivity index (χ0n) is 10.3. The number of urea groups is 1. The molecule has 18 heavy (non-hydrogen) atoms. The number of carboxylic acids is 1. The summed E-state index contributed by atoms with van der Waals surface area (Å²) >= 11 is 0. The molecule has 0 unspecified atom stereocenters. The zero-order valence-corrected chi connectivity index (χ0v) is 10.3. The van der Waals surface area contributed by atoms with E-state index in [0.29, 0.717) is 0 Å². The number of likely N-dealkylation sites (tertiary alicyclic amines) is 1. The van der Waals surface area contributed by atoms with E-state index in [1.807, 2.05) is 0 Å². The summed E-state index contributed by atoms with van der Waals surface area (Å²) in [4.78, 5) is 36.2. The van der Waals surface area contributed by atoms with Gasteiger partial charge in [0.1, 0.15) is 12.6 Å². The molecule has 8 heteroatoms. The Balaban J connectivity index is 2.70. The van der Waals surface area contributed by atoms with E-state index in [1.165, 1.54) is 14.1 Å². The standard InChI is InChI=1S/C10H17N3O5/c1-11-8(15)5-12(2)10(18)13-4-6(14)3-7(13)9(16)17/h6-7,14H,3-5H2,1-2H3,(H,11,15)(H,16,17)/t6-,7-/m1/s1. The first-order valence-corrected chi connectivity index (χ1v) is 5.50. The highest BCUT2D eigenvalue weighted by molar-refractivity contribution is 5.87. The van der Waals surface area contributed by atoms with E-state index in [2.05, 4.69) is 5.32 Å². The van der Waals surface area contributed by atoms with Crippen LogP contribution in [0.25, 0.3) is 0 Å². The minimum absolute atomic E-state index is 0.00882. The summed E-state index contributed by atoms with van der Waals surface area (Å²) in [6, 6.07) is -1.62. The van der Waals surface area contributed by atoms with Crippen LogP contribution in [0, 0.1) is 0 Å². The average Bonchev–Trinajstić information content (AvgIpc) is 2.70. The van der Waals surface area contributed by atoms with Gasteiger partial charge in [-0.2, -0.15) is 0 Å². The number of nitrogens with one attached hydrogen (secondary N) is 1. The second kappa shape index (κ2) is 5.67. The van der Waals surface area contributed by atoms with E-state index in [1.54, 1.807) is 0 Å². The normalized spacial score (nSPS) is 22.7. The van der Waals surface area contributed by atoms with Gasteiger partial charge in [-0.05, 0) is 0 Å². The lowest BCUT2D eigenvalue weighted by atomic mass is 10.2. The van der Waals surface area contributed by atoms with Crippen molar-refractivity contribution in [3.05, 3.63) is 0 Å². The molecule has 0 radical (unpaired) electrons. The molecule has 0 aromatic heterocycles. The number of rotatable bonds is 3. The fourth-order valence-electron chi connectivity index (χ4n) is 1.84. The lowest BCUT2D eigenvalue weighted by Gasteiger charge is -2.26. The molecule has 0 aromatic carbocycles. The first-order chi connectivity index (χ1) is 8.36. The van der Waals surface area contributed by atoms with Crippen LogP contribution >= 0.6 is 0 Å². The number of aliphatic hydroxyl groups excluding tert-OH is 1. The van der Waals surface area contributed by atoms with Crippen LogP contribution < -0.4 is 5.32 Å². The van der Waals surface area contributed by atoms with Crippen molar-refractivity contribution in [1.29, 1.82) is 0 Å². The monoisotopic (exact) mass is 259 g/mol. The minimum atomic E-state index is -1.16. The molecule has 102 valence electrons. The molecule has 1 aliphatic rings. The molecule has 0 bridgehead atoms. The molecule has 8 nitrogen and oxygen atoms in total.